The van der Waals surface area contributed by atoms with E-state index in [0.29, 0.717) is 23.1 Å². The summed E-state index contributed by atoms with van der Waals surface area (Å²) < 4.78 is 5.07. The van der Waals surface area contributed by atoms with E-state index in [4.69, 9.17) is 4.42 Å². The first kappa shape index (κ1) is 23.7. The molecule has 8 nitrogen and oxygen atoms in total. The van der Waals surface area contributed by atoms with E-state index in [1.807, 2.05) is 42.5 Å². The standard InChI is InChI=1S/C26H22N4O4S/c1-18(31)30(22-6-3-2-4-7-22)26-29-21(17-35-26)13-14-24(32)27-16-19-9-11-20(12-10-19)28-25(33)23-8-5-15-34-23/h2-15,17H,16H2,1H3,(H,27,32)(H,28,33)/b14-13+. The van der Waals surface area contributed by atoms with E-state index >= 15 is 0 Å². The lowest BCUT2D eigenvalue weighted by Gasteiger charge is -2.17. The molecular weight excluding hydrogens is 464 g/mol. The largest absolute Gasteiger partial charge is 0.459 e. The molecule has 2 aromatic heterocycles. The second kappa shape index (κ2) is 11.1. The van der Waals surface area contributed by atoms with Gasteiger partial charge < -0.3 is 15.1 Å². The summed E-state index contributed by atoms with van der Waals surface area (Å²) in [4.78, 5) is 42.4. The highest BCUT2D eigenvalue weighted by atomic mass is 32.1. The topological polar surface area (TPSA) is 105 Å². The van der Waals surface area contributed by atoms with Crippen LogP contribution in [0.1, 0.15) is 28.7 Å². The number of nitrogens with one attached hydrogen (secondary N) is 2. The number of para-hydroxylation sites is 1. The van der Waals surface area contributed by atoms with Crippen molar-refractivity contribution in [2.75, 3.05) is 10.2 Å². The van der Waals surface area contributed by atoms with Gasteiger partial charge in [-0.15, -0.1) is 11.3 Å². The molecule has 9 heteroatoms. The molecule has 0 spiro atoms. The third-order valence-electron chi connectivity index (χ3n) is 4.86. The van der Waals surface area contributed by atoms with Gasteiger partial charge in [0, 0.05) is 30.6 Å². The smallest absolute Gasteiger partial charge is 0.291 e. The molecule has 2 aromatic carbocycles. The maximum Gasteiger partial charge on any atom is 0.291 e. The monoisotopic (exact) mass is 486 g/mol. The highest BCUT2D eigenvalue weighted by Gasteiger charge is 2.17. The summed E-state index contributed by atoms with van der Waals surface area (Å²) >= 11 is 1.32. The number of thiazole rings is 1. The summed E-state index contributed by atoms with van der Waals surface area (Å²) in [5.74, 6) is -0.525. The summed E-state index contributed by atoms with van der Waals surface area (Å²) in [6.45, 7) is 1.81. The van der Waals surface area contributed by atoms with Crippen LogP contribution in [0.25, 0.3) is 6.08 Å². The number of anilines is 3. The maximum atomic E-state index is 12.2. The molecule has 0 radical (unpaired) electrons. The summed E-state index contributed by atoms with van der Waals surface area (Å²) in [5.41, 5.74) is 2.81. The van der Waals surface area contributed by atoms with Crippen molar-refractivity contribution < 1.29 is 18.8 Å². The van der Waals surface area contributed by atoms with Gasteiger partial charge in [-0.2, -0.15) is 0 Å². The maximum absolute atomic E-state index is 12.2. The van der Waals surface area contributed by atoms with Gasteiger partial charge in [0.1, 0.15) is 0 Å². The molecular formula is C26H22N4O4S. The molecule has 4 rings (SSSR count). The van der Waals surface area contributed by atoms with Crippen molar-refractivity contribution in [2.24, 2.45) is 0 Å². The van der Waals surface area contributed by atoms with E-state index in [1.165, 1.54) is 35.5 Å². The molecule has 3 amide bonds. The van der Waals surface area contributed by atoms with Crippen LogP contribution >= 0.6 is 11.3 Å². The van der Waals surface area contributed by atoms with Crippen LogP contribution in [-0.2, 0) is 16.1 Å². The minimum absolute atomic E-state index is 0.148. The van der Waals surface area contributed by atoms with Crippen molar-refractivity contribution in [3.63, 3.8) is 0 Å². The Bertz CT molecular complexity index is 1330. The molecule has 35 heavy (non-hydrogen) atoms. The Balaban J connectivity index is 1.30. The van der Waals surface area contributed by atoms with Gasteiger partial charge in [0.15, 0.2) is 10.9 Å². The number of aromatic nitrogens is 1. The minimum Gasteiger partial charge on any atom is -0.459 e. The zero-order valence-corrected chi connectivity index (χ0v) is 19.6. The average molecular weight is 487 g/mol. The van der Waals surface area contributed by atoms with E-state index in [-0.39, 0.29) is 23.5 Å². The minimum atomic E-state index is -0.332. The molecule has 0 aliphatic carbocycles. The van der Waals surface area contributed by atoms with Crippen molar-refractivity contribution in [1.82, 2.24) is 10.3 Å². The predicted octanol–water partition coefficient (Wildman–Crippen LogP) is 5.00. The molecule has 0 saturated heterocycles. The fourth-order valence-electron chi connectivity index (χ4n) is 3.18. The lowest BCUT2D eigenvalue weighted by atomic mass is 10.2. The van der Waals surface area contributed by atoms with Gasteiger partial charge in [0.2, 0.25) is 11.8 Å². The number of carbonyl (C=O) groups is 3. The van der Waals surface area contributed by atoms with Crippen molar-refractivity contribution in [2.45, 2.75) is 13.5 Å². The van der Waals surface area contributed by atoms with Crippen molar-refractivity contribution in [3.8, 4) is 0 Å². The zero-order valence-electron chi connectivity index (χ0n) is 18.8. The molecule has 2 N–H and O–H groups in total. The van der Waals surface area contributed by atoms with Gasteiger partial charge in [0.25, 0.3) is 5.91 Å². The van der Waals surface area contributed by atoms with E-state index in [9.17, 15) is 14.4 Å². The number of amides is 3. The van der Waals surface area contributed by atoms with E-state index < -0.39 is 0 Å². The number of hydrogen-bond acceptors (Lipinski definition) is 6. The Morgan fingerprint density at radius 1 is 1.03 bits per heavy atom. The Morgan fingerprint density at radius 3 is 2.49 bits per heavy atom. The lowest BCUT2D eigenvalue weighted by Crippen LogP contribution is -2.22. The summed E-state index contributed by atoms with van der Waals surface area (Å²) in [6, 6.07) is 19.6. The number of carbonyl (C=O) groups excluding carboxylic acids is 3. The van der Waals surface area contributed by atoms with Crippen LogP contribution in [0.15, 0.2) is 88.9 Å². The lowest BCUT2D eigenvalue weighted by molar-refractivity contribution is -0.117. The molecule has 2 heterocycles. The number of benzene rings is 2. The number of rotatable bonds is 8. The highest BCUT2D eigenvalue weighted by molar-refractivity contribution is 7.14. The zero-order chi connectivity index (χ0) is 24.6. The summed E-state index contributed by atoms with van der Waals surface area (Å²) in [5, 5.41) is 7.86. The van der Waals surface area contributed by atoms with Crippen LogP contribution in [0.5, 0.6) is 0 Å². The van der Waals surface area contributed by atoms with Crippen LogP contribution in [0.3, 0.4) is 0 Å². The molecule has 0 saturated carbocycles. The first-order chi connectivity index (χ1) is 17.0. The summed E-state index contributed by atoms with van der Waals surface area (Å²) in [7, 11) is 0. The van der Waals surface area contributed by atoms with Crippen LogP contribution in [0.2, 0.25) is 0 Å². The molecule has 0 aliphatic heterocycles. The quantitative estimate of drug-likeness (QED) is 0.341. The van der Waals surface area contributed by atoms with Crippen molar-refractivity contribution in [3.05, 3.63) is 101 Å². The van der Waals surface area contributed by atoms with E-state index in [0.717, 1.165) is 11.3 Å². The predicted molar refractivity (Wildman–Crippen MR) is 135 cm³/mol. The molecule has 0 atom stereocenters. The Labute approximate surface area is 205 Å². The van der Waals surface area contributed by atoms with E-state index in [1.54, 1.807) is 35.7 Å². The van der Waals surface area contributed by atoms with Crippen molar-refractivity contribution >= 4 is 51.6 Å². The van der Waals surface area contributed by atoms with Crippen LogP contribution in [-0.4, -0.2) is 22.7 Å². The number of hydrogen-bond donors (Lipinski definition) is 2. The van der Waals surface area contributed by atoms with Crippen LogP contribution in [0.4, 0.5) is 16.5 Å². The molecule has 176 valence electrons. The molecule has 0 aliphatic rings. The van der Waals surface area contributed by atoms with Crippen LogP contribution < -0.4 is 15.5 Å². The second-order valence-electron chi connectivity index (χ2n) is 7.42. The third kappa shape index (κ3) is 6.30. The van der Waals surface area contributed by atoms with E-state index in [2.05, 4.69) is 15.6 Å². The molecule has 0 unspecified atom stereocenters. The van der Waals surface area contributed by atoms with Gasteiger partial charge in [-0.1, -0.05) is 30.3 Å². The number of furan rings is 1. The van der Waals surface area contributed by atoms with Gasteiger partial charge >= 0.3 is 0 Å². The molecule has 0 bridgehead atoms. The summed E-state index contributed by atoms with van der Waals surface area (Å²) in [6.07, 6.45) is 4.44. The Kier molecular flexibility index (Phi) is 7.49. The fourth-order valence-corrected chi connectivity index (χ4v) is 4.03. The second-order valence-corrected chi connectivity index (χ2v) is 8.26. The van der Waals surface area contributed by atoms with Gasteiger partial charge in [-0.25, -0.2) is 4.98 Å². The first-order valence-electron chi connectivity index (χ1n) is 10.7. The molecule has 0 fully saturated rings. The Hall–Kier alpha value is -4.50. The Morgan fingerprint density at radius 2 is 1.80 bits per heavy atom. The normalized spacial score (nSPS) is 10.8. The van der Waals surface area contributed by atoms with Gasteiger partial charge in [0.05, 0.1) is 17.6 Å². The van der Waals surface area contributed by atoms with Crippen molar-refractivity contribution in [1.29, 1.82) is 0 Å². The highest BCUT2D eigenvalue weighted by Crippen LogP contribution is 2.29. The van der Waals surface area contributed by atoms with Gasteiger partial charge in [-0.05, 0) is 48.0 Å². The van der Waals surface area contributed by atoms with Crippen LogP contribution in [0, 0.1) is 0 Å². The van der Waals surface area contributed by atoms with Gasteiger partial charge in [-0.3, -0.25) is 19.3 Å². The number of nitrogens with zero attached hydrogens (tertiary/aromatic N) is 2. The SMILES string of the molecule is CC(=O)N(c1ccccc1)c1nc(/C=C/C(=O)NCc2ccc(NC(=O)c3ccco3)cc2)cs1. The first-order valence-corrected chi connectivity index (χ1v) is 11.6. The average Bonchev–Trinajstić information content (AvgIpc) is 3.56. The molecule has 4 aromatic rings. The third-order valence-corrected chi connectivity index (χ3v) is 5.70. The fraction of sp³-hybridized carbons (Fsp3) is 0.0769.